The van der Waals surface area contributed by atoms with Crippen molar-refractivity contribution < 1.29 is 24.2 Å². The minimum absolute atomic E-state index is 0.0304. The minimum Gasteiger partial charge on any atom is -0.396 e. The molecule has 1 aromatic carbocycles. The zero-order valence-corrected chi connectivity index (χ0v) is 27.3. The van der Waals surface area contributed by atoms with Gasteiger partial charge >= 0.3 is 0 Å². The lowest BCUT2D eigenvalue weighted by Gasteiger charge is -2.39. The number of carbonyl (C=O) groups excluding carboxylic acids is 3. The number of hydrogen-bond donors (Lipinski definition) is 1. The van der Waals surface area contributed by atoms with Gasteiger partial charge in [0.15, 0.2) is 0 Å². The van der Waals surface area contributed by atoms with E-state index in [0.717, 1.165) is 31.2 Å². The molecule has 0 radical (unpaired) electrons. The quantitative estimate of drug-likeness (QED) is 0.149. The van der Waals surface area contributed by atoms with Crippen LogP contribution in [0.1, 0.15) is 64.4 Å². The fourth-order valence-corrected chi connectivity index (χ4v) is 8.38. The summed E-state index contributed by atoms with van der Waals surface area (Å²) in [4.78, 5) is 48.5. The molecule has 3 heterocycles. The third-order valence-electron chi connectivity index (χ3n) is 9.34. The molecule has 8 nitrogen and oxygen atoms in total. The number of likely N-dealkylation sites (tertiary alicyclic amines) is 1. The summed E-state index contributed by atoms with van der Waals surface area (Å²) in [5, 5.41) is 9.22. The number of hydrogen-bond acceptors (Lipinski definition) is 5. The average molecular weight is 659 g/mol. The van der Waals surface area contributed by atoms with Crippen molar-refractivity contribution in [2.24, 2.45) is 11.8 Å². The number of rotatable bonds is 17. The Morgan fingerprint density at radius 2 is 1.84 bits per heavy atom. The summed E-state index contributed by atoms with van der Waals surface area (Å²) in [6, 6.07) is 8.95. The highest BCUT2D eigenvalue weighted by molar-refractivity contribution is 9.09. The van der Waals surface area contributed by atoms with E-state index in [2.05, 4.69) is 36.0 Å². The molecular weight excluding hydrogens is 610 g/mol. The Morgan fingerprint density at radius 1 is 1.14 bits per heavy atom. The molecule has 43 heavy (non-hydrogen) atoms. The van der Waals surface area contributed by atoms with E-state index in [1.165, 1.54) is 0 Å². The zero-order chi connectivity index (χ0) is 31.1. The third kappa shape index (κ3) is 6.64. The molecule has 7 atom stereocenters. The smallest absolute Gasteiger partial charge is 0.248 e. The topological polar surface area (TPSA) is 90.4 Å². The van der Waals surface area contributed by atoms with E-state index in [1.54, 1.807) is 22.0 Å². The van der Waals surface area contributed by atoms with Crippen LogP contribution in [0, 0.1) is 11.8 Å². The summed E-state index contributed by atoms with van der Waals surface area (Å²) in [6.07, 6.45) is 8.28. The first-order valence-corrected chi connectivity index (χ1v) is 16.7. The van der Waals surface area contributed by atoms with Crippen LogP contribution >= 0.6 is 15.9 Å². The van der Waals surface area contributed by atoms with Crippen LogP contribution < -0.4 is 0 Å². The van der Waals surface area contributed by atoms with Gasteiger partial charge in [-0.25, -0.2) is 0 Å². The summed E-state index contributed by atoms with van der Waals surface area (Å²) >= 11 is 3.80. The number of halogens is 1. The van der Waals surface area contributed by atoms with E-state index in [1.807, 2.05) is 42.2 Å². The molecule has 2 bridgehead atoms. The van der Waals surface area contributed by atoms with Gasteiger partial charge in [0.2, 0.25) is 17.7 Å². The average Bonchev–Trinajstić information content (AvgIpc) is 3.58. The van der Waals surface area contributed by atoms with Gasteiger partial charge in [-0.3, -0.25) is 14.4 Å². The van der Waals surface area contributed by atoms with E-state index in [4.69, 9.17) is 4.74 Å². The fourth-order valence-electron chi connectivity index (χ4n) is 7.44. The monoisotopic (exact) mass is 657 g/mol. The Kier molecular flexibility index (Phi) is 11.6. The molecule has 0 aromatic heterocycles. The van der Waals surface area contributed by atoms with Gasteiger partial charge in [0.1, 0.15) is 11.6 Å². The standard InChI is InChI=1S/C34H48BrN3O5/c1-5-15-24(4)37(19-7-3)33(42)30-34-22-26(35)29(43-34)27(28(34)32(41)38(30)20-13-8-9-14-21-39)31(40)36(18-6-2)23-25-16-11-10-12-17-25/h6-7,10-12,16-17,24,26-30,39H,2-3,5,8-9,13-15,18-23H2,1,4H3/t24?,26?,27-,28+,29-,30?,34?/m1/s1. The van der Waals surface area contributed by atoms with Crippen molar-refractivity contribution in [3.05, 3.63) is 61.2 Å². The molecule has 4 rings (SSSR count). The lowest BCUT2D eigenvalue weighted by Crippen LogP contribution is -2.58. The van der Waals surface area contributed by atoms with Crippen molar-refractivity contribution in [2.45, 2.75) is 94.0 Å². The molecule has 1 N–H and O–H groups in total. The van der Waals surface area contributed by atoms with E-state index in [-0.39, 0.29) is 35.2 Å². The molecule has 4 unspecified atom stereocenters. The molecule has 1 aromatic rings. The van der Waals surface area contributed by atoms with Crippen LogP contribution in [0.3, 0.4) is 0 Å². The molecule has 3 aliphatic heterocycles. The summed E-state index contributed by atoms with van der Waals surface area (Å²) < 4.78 is 6.77. The number of nitrogens with zero attached hydrogens (tertiary/aromatic N) is 3. The van der Waals surface area contributed by atoms with Gasteiger partial charge in [-0.2, -0.15) is 0 Å². The van der Waals surface area contributed by atoms with Gasteiger partial charge in [0.05, 0.1) is 17.9 Å². The van der Waals surface area contributed by atoms with Gasteiger partial charge < -0.3 is 24.5 Å². The van der Waals surface area contributed by atoms with Crippen molar-refractivity contribution in [1.82, 2.24) is 14.7 Å². The van der Waals surface area contributed by atoms with E-state index < -0.39 is 29.6 Å². The SMILES string of the molecule is C=CCN(Cc1ccccc1)C(=O)[C@H]1[C@@H]2OC3(CC2Br)C(C(=O)N(CC=C)C(C)CCC)N(CCCCCCO)C(=O)[C@H]13. The highest BCUT2D eigenvalue weighted by Crippen LogP contribution is 2.60. The Balaban J connectivity index is 1.71. The van der Waals surface area contributed by atoms with Gasteiger partial charge in [0.25, 0.3) is 0 Å². The maximum Gasteiger partial charge on any atom is 0.248 e. The molecule has 9 heteroatoms. The van der Waals surface area contributed by atoms with Crippen LogP contribution in [-0.4, -0.2) is 92.4 Å². The number of benzene rings is 1. The highest BCUT2D eigenvalue weighted by Gasteiger charge is 2.76. The predicted octanol–water partition coefficient (Wildman–Crippen LogP) is 4.71. The van der Waals surface area contributed by atoms with E-state index >= 15 is 0 Å². The maximum atomic E-state index is 14.6. The Bertz CT molecular complexity index is 1150. The molecular formula is C34H48BrN3O5. The van der Waals surface area contributed by atoms with Crippen LogP contribution in [0.5, 0.6) is 0 Å². The zero-order valence-electron chi connectivity index (χ0n) is 25.7. The molecule has 236 valence electrons. The maximum absolute atomic E-state index is 14.6. The van der Waals surface area contributed by atoms with Crippen LogP contribution in [0.4, 0.5) is 0 Å². The first-order valence-electron chi connectivity index (χ1n) is 15.8. The van der Waals surface area contributed by atoms with E-state index in [9.17, 15) is 19.5 Å². The van der Waals surface area contributed by atoms with Crippen molar-refractivity contribution >= 4 is 33.7 Å². The molecule has 0 aliphatic carbocycles. The summed E-state index contributed by atoms with van der Waals surface area (Å²) in [6.45, 7) is 13.6. The lowest BCUT2D eigenvalue weighted by molar-refractivity contribution is -0.150. The number of amides is 3. The summed E-state index contributed by atoms with van der Waals surface area (Å²) in [7, 11) is 0. The van der Waals surface area contributed by atoms with E-state index in [0.29, 0.717) is 45.4 Å². The Morgan fingerprint density at radius 3 is 2.49 bits per heavy atom. The molecule has 1 spiro atoms. The summed E-state index contributed by atoms with van der Waals surface area (Å²) in [5.41, 5.74) is -0.0942. The Hall–Kier alpha value is -2.49. The van der Waals surface area contributed by atoms with Crippen LogP contribution in [0.15, 0.2) is 55.6 Å². The van der Waals surface area contributed by atoms with Gasteiger partial charge in [-0.15, -0.1) is 13.2 Å². The van der Waals surface area contributed by atoms with Crippen LogP contribution in [0.25, 0.3) is 0 Å². The number of aliphatic hydroxyl groups excluding tert-OH is 1. The van der Waals surface area contributed by atoms with Gasteiger partial charge in [-0.1, -0.05) is 84.6 Å². The van der Waals surface area contributed by atoms with Crippen LogP contribution in [0.2, 0.25) is 0 Å². The van der Waals surface area contributed by atoms with Crippen molar-refractivity contribution in [3.8, 4) is 0 Å². The van der Waals surface area contributed by atoms with Gasteiger partial charge in [-0.05, 0) is 38.2 Å². The molecule has 3 aliphatic rings. The fraction of sp³-hybridized carbons (Fsp3) is 0.618. The minimum atomic E-state index is -1.09. The number of alkyl halides is 1. The lowest BCUT2D eigenvalue weighted by atomic mass is 9.70. The molecule has 3 saturated heterocycles. The van der Waals surface area contributed by atoms with Crippen molar-refractivity contribution in [3.63, 3.8) is 0 Å². The number of fused-ring (bicyclic) bond motifs is 1. The molecule has 3 amide bonds. The summed E-state index contributed by atoms with van der Waals surface area (Å²) in [5.74, 6) is -1.88. The molecule has 0 saturated carbocycles. The number of unbranched alkanes of at least 4 members (excludes halogenated alkanes) is 3. The Labute approximate surface area is 265 Å². The second-order valence-electron chi connectivity index (χ2n) is 12.2. The number of carbonyl (C=O) groups is 3. The second kappa shape index (κ2) is 15.0. The highest BCUT2D eigenvalue weighted by atomic mass is 79.9. The third-order valence-corrected chi connectivity index (χ3v) is 10.2. The van der Waals surface area contributed by atoms with Crippen molar-refractivity contribution in [1.29, 1.82) is 0 Å². The first kappa shape index (κ1) is 33.4. The first-order chi connectivity index (χ1) is 20.7. The largest absolute Gasteiger partial charge is 0.396 e. The number of ether oxygens (including phenoxy) is 1. The van der Waals surface area contributed by atoms with Crippen molar-refractivity contribution in [2.75, 3.05) is 26.2 Å². The van der Waals surface area contributed by atoms with Gasteiger partial charge in [0, 0.05) is 43.7 Å². The number of aliphatic hydroxyl groups is 1. The van der Waals surface area contributed by atoms with Crippen LogP contribution in [-0.2, 0) is 25.7 Å². The predicted molar refractivity (Wildman–Crippen MR) is 171 cm³/mol. The molecule has 3 fully saturated rings. The normalized spacial score (nSPS) is 28.0. The second-order valence-corrected chi connectivity index (χ2v) is 13.4.